The Bertz CT molecular complexity index is 709. The Balaban J connectivity index is 1.71. The highest BCUT2D eigenvalue weighted by molar-refractivity contribution is 5.89. The standard InChI is InChI=1S/C23H30O5/c1-3-4-8-12-23(2,26)13-11-17-18-14-21(24)27-20(18)15-19(17)28-22(25)16-9-6-5-7-10-16/h5-7,9-11,13,17-20,26H,3-4,8,12,14-15H2,1-2H3/b13-11+/t17-,18?,19-,20+,23?/m1/s1. The molecule has 1 aromatic carbocycles. The summed E-state index contributed by atoms with van der Waals surface area (Å²) in [6.45, 7) is 3.93. The van der Waals surface area contributed by atoms with E-state index in [1.54, 1.807) is 31.2 Å². The largest absolute Gasteiger partial charge is 0.462 e. The number of esters is 2. The number of hydrogen-bond acceptors (Lipinski definition) is 5. The second-order valence-corrected chi connectivity index (χ2v) is 8.19. The minimum atomic E-state index is -0.912. The summed E-state index contributed by atoms with van der Waals surface area (Å²) in [7, 11) is 0. The van der Waals surface area contributed by atoms with Gasteiger partial charge in [-0.15, -0.1) is 0 Å². The van der Waals surface area contributed by atoms with Gasteiger partial charge in [0.15, 0.2) is 0 Å². The maximum absolute atomic E-state index is 12.5. The van der Waals surface area contributed by atoms with Crippen LogP contribution in [0.25, 0.3) is 0 Å². The summed E-state index contributed by atoms with van der Waals surface area (Å²) in [5.74, 6) is -0.716. The maximum atomic E-state index is 12.5. The molecule has 0 spiro atoms. The molecule has 1 aromatic rings. The SMILES string of the molecule is CCCCCC(C)(O)/C=C/[C@@H]1C2CC(=O)O[C@H]2C[C@H]1OC(=O)c1ccccc1. The predicted molar refractivity (Wildman–Crippen MR) is 106 cm³/mol. The lowest BCUT2D eigenvalue weighted by Gasteiger charge is -2.23. The van der Waals surface area contributed by atoms with Crippen molar-refractivity contribution in [2.75, 3.05) is 0 Å². The number of carbonyl (C=O) groups excluding carboxylic acids is 2. The normalized spacial score (nSPS) is 28.8. The van der Waals surface area contributed by atoms with E-state index < -0.39 is 5.60 Å². The van der Waals surface area contributed by atoms with Crippen LogP contribution < -0.4 is 0 Å². The van der Waals surface area contributed by atoms with Crippen molar-refractivity contribution >= 4 is 11.9 Å². The molecule has 1 aliphatic carbocycles. The van der Waals surface area contributed by atoms with Crippen LogP contribution in [0.15, 0.2) is 42.5 Å². The average Bonchev–Trinajstić information content (AvgIpc) is 3.16. The highest BCUT2D eigenvalue weighted by Gasteiger charge is 2.50. The first-order chi connectivity index (χ1) is 13.4. The molecule has 2 unspecified atom stereocenters. The summed E-state index contributed by atoms with van der Waals surface area (Å²) < 4.78 is 11.2. The van der Waals surface area contributed by atoms with Crippen LogP contribution in [0.5, 0.6) is 0 Å². The molecule has 1 aliphatic heterocycles. The fourth-order valence-corrected chi connectivity index (χ4v) is 4.20. The molecule has 1 N–H and O–H groups in total. The predicted octanol–water partition coefficient (Wildman–Crippen LogP) is 4.05. The average molecular weight is 386 g/mol. The van der Waals surface area contributed by atoms with Crippen LogP contribution in [0, 0.1) is 11.8 Å². The molecule has 1 saturated carbocycles. The second-order valence-electron chi connectivity index (χ2n) is 8.19. The zero-order valence-corrected chi connectivity index (χ0v) is 16.7. The van der Waals surface area contributed by atoms with Gasteiger partial charge in [0.05, 0.1) is 17.6 Å². The number of unbranched alkanes of at least 4 members (excludes halogenated alkanes) is 2. The molecule has 5 heteroatoms. The van der Waals surface area contributed by atoms with Crippen molar-refractivity contribution < 1.29 is 24.2 Å². The van der Waals surface area contributed by atoms with Crippen LogP contribution >= 0.6 is 0 Å². The molecular formula is C23H30O5. The van der Waals surface area contributed by atoms with Crippen molar-refractivity contribution in [2.24, 2.45) is 11.8 Å². The fraction of sp³-hybridized carbons (Fsp3) is 0.565. The van der Waals surface area contributed by atoms with Crippen LogP contribution in [-0.4, -0.2) is 34.9 Å². The van der Waals surface area contributed by atoms with E-state index >= 15 is 0 Å². The van der Waals surface area contributed by atoms with Crippen LogP contribution in [-0.2, 0) is 14.3 Å². The van der Waals surface area contributed by atoms with Crippen LogP contribution in [0.3, 0.4) is 0 Å². The highest BCUT2D eigenvalue weighted by atomic mass is 16.6. The number of aliphatic hydroxyl groups is 1. The van der Waals surface area contributed by atoms with E-state index in [1.807, 2.05) is 18.2 Å². The third kappa shape index (κ3) is 5.02. The van der Waals surface area contributed by atoms with Gasteiger partial charge in [0.2, 0.25) is 0 Å². The molecule has 1 heterocycles. The van der Waals surface area contributed by atoms with Crippen molar-refractivity contribution in [3.8, 4) is 0 Å². The maximum Gasteiger partial charge on any atom is 0.338 e. The number of benzene rings is 1. The van der Waals surface area contributed by atoms with Crippen molar-refractivity contribution in [3.05, 3.63) is 48.0 Å². The monoisotopic (exact) mass is 386 g/mol. The summed E-state index contributed by atoms with van der Waals surface area (Å²) in [5, 5.41) is 10.6. The first-order valence-electron chi connectivity index (χ1n) is 10.3. The number of carbonyl (C=O) groups is 2. The first kappa shape index (κ1) is 20.6. The van der Waals surface area contributed by atoms with E-state index in [0.29, 0.717) is 24.8 Å². The van der Waals surface area contributed by atoms with Gasteiger partial charge >= 0.3 is 11.9 Å². The first-order valence-corrected chi connectivity index (χ1v) is 10.3. The quantitative estimate of drug-likeness (QED) is 0.414. The molecule has 0 radical (unpaired) electrons. The van der Waals surface area contributed by atoms with Gasteiger partial charge in [-0.3, -0.25) is 4.79 Å². The Morgan fingerprint density at radius 2 is 2.07 bits per heavy atom. The Labute approximate surface area is 166 Å². The van der Waals surface area contributed by atoms with E-state index in [2.05, 4.69) is 6.92 Å². The molecule has 0 amide bonds. The van der Waals surface area contributed by atoms with E-state index in [1.165, 1.54) is 0 Å². The number of ether oxygens (including phenoxy) is 2. The zero-order valence-electron chi connectivity index (χ0n) is 16.7. The summed E-state index contributed by atoms with van der Waals surface area (Å²) in [5.41, 5.74) is -0.407. The number of fused-ring (bicyclic) bond motifs is 1. The summed E-state index contributed by atoms with van der Waals surface area (Å²) in [6.07, 6.45) is 7.81. The Hall–Kier alpha value is -2.14. The highest BCUT2D eigenvalue weighted by Crippen LogP contribution is 2.44. The molecule has 5 atom stereocenters. The molecule has 152 valence electrons. The molecule has 0 bridgehead atoms. The Morgan fingerprint density at radius 1 is 1.32 bits per heavy atom. The minimum absolute atomic E-state index is 0.0104. The Kier molecular flexibility index (Phi) is 6.55. The van der Waals surface area contributed by atoms with Gasteiger partial charge < -0.3 is 14.6 Å². The van der Waals surface area contributed by atoms with E-state index in [0.717, 1.165) is 19.3 Å². The minimum Gasteiger partial charge on any atom is -0.462 e. The third-order valence-electron chi connectivity index (χ3n) is 5.78. The van der Waals surface area contributed by atoms with E-state index in [-0.39, 0.29) is 36.0 Å². The van der Waals surface area contributed by atoms with Gasteiger partial charge in [-0.1, -0.05) is 56.5 Å². The lowest BCUT2D eigenvalue weighted by Crippen LogP contribution is -2.26. The lowest BCUT2D eigenvalue weighted by atomic mass is 9.89. The van der Waals surface area contributed by atoms with Crippen LogP contribution in [0.2, 0.25) is 0 Å². The van der Waals surface area contributed by atoms with Gasteiger partial charge in [-0.25, -0.2) is 4.79 Å². The van der Waals surface area contributed by atoms with Crippen molar-refractivity contribution in [1.82, 2.24) is 0 Å². The van der Waals surface area contributed by atoms with Gasteiger partial charge in [-0.2, -0.15) is 0 Å². The van der Waals surface area contributed by atoms with Crippen molar-refractivity contribution in [3.63, 3.8) is 0 Å². The smallest absolute Gasteiger partial charge is 0.338 e. The summed E-state index contributed by atoms with van der Waals surface area (Å²) >= 11 is 0. The Morgan fingerprint density at radius 3 is 2.79 bits per heavy atom. The molecule has 1 saturated heterocycles. The van der Waals surface area contributed by atoms with Gasteiger partial charge in [0.25, 0.3) is 0 Å². The van der Waals surface area contributed by atoms with Crippen molar-refractivity contribution in [2.45, 2.75) is 70.2 Å². The van der Waals surface area contributed by atoms with Crippen LogP contribution in [0.4, 0.5) is 0 Å². The van der Waals surface area contributed by atoms with Gasteiger partial charge in [0, 0.05) is 18.3 Å². The molecular weight excluding hydrogens is 356 g/mol. The molecule has 5 nitrogen and oxygen atoms in total. The lowest BCUT2D eigenvalue weighted by molar-refractivity contribution is -0.141. The summed E-state index contributed by atoms with van der Waals surface area (Å²) in [6, 6.07) is 8.89. The fourth-order valence-electron chi connectivity index (χ4n) is 4.20. The van der Waals surface area contributed by atoms with Gasteiger partial charge in [-0.05, 0) is 25.5 Å². The van der Waals surface area contributed by atoms with E-state index in [4.69, 9.17) is 9.47 Å². The van der Waals surface area contributed by atoms with Gasteiger partial charge in [0.1, 0.15) is 12.2 Å². The number of hydrogen-bond donors (Lipinski definition) is 1. The van der Waals surface area contributed by atoms with E-state index in [9.17, 15) is 14.7 Å². The molecule has 2 fully saturated rings. The second kappa shape index (κ2) is 8.91. The summed E-state index contributed by atoms with van der Waals surface area (Å²) in [4.78, 5) is 24.2. The van der Waals surface area contributed by atoms with Crippen LogP contribution in [0.1, 0.15) is 62.7 Å². The topological polar surface area (TPSA) is 72.8 Å². The molecule has 2 aliphatic rings. The third-order valence-corrected chi connectivity index (χ3v) is 5.78. The zero-order chi connectivity index (χ0) is 20.1. The van der Waals surface area contributed by atoms with Crippen molar-refractivity contribution in [1.29, 1.82) is 0 Å². The molecule has 28 heavy (non-hydrogen) atoms. The molecule has 3 rings (SSSR count). The molecule has 0 aromatic heterocycles. The number of rotatable bonds is 8.